The van der Waals surface area contributed by atoms with Gasteiger partial charge in [-0.2, -0.15) is 0 Å². The number of carbonyl (C=O) groups is 2. The van der Waals surface area contributed by atoms with Crippen LogP contribution in [0.25, 0.3) is 0 Å². The Morgan fingerprint density at radius 1 is 1.33 bits per heavy atom. The van der Waals surface area contributed by atoms with Gasteiger partial charge in [-0.15, -0.1) is 11.3 Å². The Hall–Kier alpha value is -1.61. The first-order valence-electron chi connectivity index (χ1n) is 6.22. The standard InChI is InChI=1S/C12H19N3O4S2/c1-6(2)9(16)10-8(13)7(11(14)17)12(20-10)15-4-5-21(3,18)19/h6,15H,4-5,13H2,1-3H3,(H2,14,17). The molecule has 0 aromatic carbocycles. The van der Waals surface area contributed by atoms with Crippen LogP contribution >= 0.6 is 11.3 Å². The van der Waals surface area contributed by atoms with Crippen molar-refractivity contribution in [3.63, 3.8) is 0 Å². The van der Waals surface area contributed by atoms with Crippen molar-refractivity contribution in [2.45, 2.75) is 13.8 Å². The van der Waals surface area contributed by atoms with E-state index >= 15 is 0 Å². The molecule has 1 rings (SSSR count). The number of rotatable bonds is 7. The van der Waals surface area contributed by atoms with Gasteiger partial charge in [0.2, 0.25) is 0 Å². The van der Waals surface area contributed by atoms with Gasteiger partial charge < -0.3 is 16.8 Å². The second kappa shape index (κ2) is 6.44. The van der Waals surface area contributed by atoms with Gasteiger partial charge in [0.05, 0.1) is 21.9 Å². The molecular weight excluding hydrogens is 314 g/mol. The zero-order chi connectivity index (χ0) is 16.4. The Bertz CT molecular complexity index is 662. The maximum atomic E-state index is 12.0. The summed E-state index contributed by atoms with van der Waals surface area (Å²) in [5.41, 5.74) is 11.2. The number of nitrogens with two attached hydrogens (primary N) is 2. The van der Waals surface area contributed by atoms with Crippen molar-refractivity contribution in [3.05, 3.63) is 10.4 Å². The number of ketones is 1. The molecule has 1 aromatic heterocycles. The van der Waals surface area contributed by atoms with E-state index in [4.69, 9.17) is 11.5 Å². The van der Waals surface area contributed by atoms with Crippen LogP contribution < -0.4 is 16.8 Å². The molecule has 0 aliphatic carbocycles. The largest absolute Gasteiger partial charge is 0.397 e. The minimum Gasteiger partial charge on any atom is -0.397 e. The number of thiophene rings is 1. The SMILES string of the molecule is CC(C)C(=O)c1sc(NCCS(C)(=O)=O)c(C(N)=O)c1N. The molecule has 0 bridgehead atoms. The summed E-state index contributed by atoms with van der Waals surface area (Å²) in [6.45, 7) is 3.55. The molecule has 21 heavy (non-hydrogen) atoms. The predicted octanol–water partition coefficient (Wildman–Crippen LogP) is 0.724. The van der Waals surface area contributed by atoms with Crippen molar-refractivity contribution in [2.75, 3.05) is 29.6 Å². The molecule has 0 fully saturated rings. The van der Waals surface area contributed by atoms with Crippen molar-refractivity contribution in [1.82, 2.24) is 0 Å². The molecule has 0 spiro atoms. The second-order valence-corrected chi connectivity index (χ2v) is 8.27. The highest BCUT2D eigenvalue weighted by Gasteiger charge is 2.25. The van der Waals surface area contributed by atoms with E-state index in [-0.39, 0.29) is 40.1 Å². The minimum atomic E-state index is -3.13. The maximum Gasteiger partial charge on any atom is 0.253 e. The van der Waals surface area contributed by atoms with E-state index in [0.29, 0.717) is 5.00 Å². The molecule has 0 saturated carbocycles. The van der Waals surface area contributed by atoms with Gasteiger partial charge in [0.1, 0.15) is 14.8 Å². The molecule has 0 aliphatic rings. The predicted molar refractivity (Wildman–Crippen MR) is 84.6 cm³/mol. The quantitative estimate of drug-likeness (QED) is 0.630. The smallest absolute Gasteiger partial charge is 0.253 e. The highest BCUT2D eigenvalue weighted by Crippen LogP contribution is 2.36. The van der Waals surface area contributed by atoms with Crippen LogP contribution in [0.2, 0.25) is 0 Å². The lowest BCUT2D eigenvalue weighted by Crippen LogP contribution is -2.18. The number of anilines is 2. The Morgan fingerprint density at radius 2 is 1.90 bits per heavy atom. The minimum absolute atomic E-state index is 0.0394. The molecule has 1 heterocycles. The van der Waals surface area contributed by atoms with E-state index in [1.807, 2.05) is 0 Å². The summed E-state index contributed by atoms with van der Waals surface area (Å²) in [5.74, 6) is -1.31. The molecule has 5 N–H and O–H groups in total. The van der Waals surface area contributed by atoms with Crippen LogP contribution in [0.4, 0.5) is 10.7 Å². The third-order valence-corrected chi connectivity index (χ3v) is 4.82. The van der Waals surface area contributed by atoms with Gasteiger partial charge in [-0.05, 0) is 0 Å². The molecule has 1 aromatic rings. The van der Waals surface area contributed by atoms with E-state index in [1.165, 1.54) is 0 Å². The molecular formula is C12H19N3O4S2. The molecule has 0 unspecified atom stereocenters. The topological polar surface area (TPSA) is 132 Å². The molecule has 7 nitrogen and oxygen atoms in total. The summed E-state index contributed by atoms with van der Waals surface area (Å²) in [6, 6.07) is 0. The lowest BCUT2D eigenvalue weighted by atomic mass is 10.1. The number of Topliss-reactive ketones (excluding diaryl/α,β-unsaturated/α-hetero) is 1. The summed E-state index contributed by atoms with van der Waals surface area (Å²) in [4.78, 5) is 23.8. The third kappa shape index (κ3) is 4.43. The van der Waals surface area contributed by atoms with Crippen LogP contribution in [-0.4, -0.2) is 38.7 Å². The van der Waals surface area contributed by atoms with Crippen LogP contribution in [0.15, 0.2) is 0 Å². The van der Waals surface area contributed by atoms with Crippen molar-refractivity contribution >= 4 is 43.6 Å². The number of nitrogens with one attached hydrogen (secondary N) is 1. The van der Waals surface area contributed by atoms with Crippen LogP contribution in [0, 0.1) is 5.92 Å². The van der Waals surface area contributed by atoms with Crippen LogP contribution in [0.3, 0.4) is 0 Å². The van der Waals surface area contributed by atoms with Crippen LogP contribution in [-0.2, 0) is 9.84 Å². The molecule has 0 aliphatic heterocycles. The lowest BCUT2D eigenvalue weighted by Gasteiger charge is -2.04. The fourth-order valence-corrected chi connectivity index (χ4v) is 3.32. The first kappa shape index (κ1) is 17.4. The number of hydrogen-bond donors (Lipinski definition) is 3. The zero-order valence-corrected chi connectivity index (χ0v) is 13.7. The molecule has 0 radical (unpaired) electrons. The highest BCUT2D eigenvalue weighted by molar-refractivity contribution is 7.90. The van der Waals surface area contributed by atoms with Crippen LogP contribution in [0.1, 0.15) is 33.9 Å². The number of hydrogen-bond acceptors (Lipinski definition) is 7. The fraction of sp³-hybridized carbons (Fsp3) is 0.500. The molecule has 0 atom stereocenters. The Labute approximate surface area is 127 Å². The molecule has 0 saturated heterocycles. The third-order valence-electron chi connectivity index (χ3n) is 2.70. The molecule has 9 heteroatoms. The number of nitrogen functional groups attached to an aromatic ring is 1. The van der Waals surface area contributed by atoms with Crippen molar-refractivity contribution in [3.8, 4) is 0 Å². The van der Waals surface area contributed by atoms with E-state index < -0.39 is 15.7 Å². The first-order valence-corrected chi connectivity index (χ1v) is 9.10. The van der Waals surface area contributed by atoms with E-state index in [9.17, 15) is 18.0 Å². The van der Waals surface area contributed by atoms with Crippen molar-refractivity contribution in [2.24, 2.45) is 11.7 Å². The van der Waals surface area contributed by atoms with E-state index in [0.717, 1.165) is 17.6 Å². The highest BCUT2D eigenvalue weighted by atomic mass is 32.2. The Balaban J connectivity index is 3.11. The summed E-state index contributed by atoms with van der Waals surface area (Å²) in [6.07, 6.45) is 1.11. The van der Waals surface area contributed by atoms with Gasteiger partial charge >= 0.3 is 0 Å². The maximum absolute atomic E-state index is 12.0. The van der Waals surface area contributed by atoms with E-state index in [1.54, 1.807) is 13.8 Å². The number of carbonyl (C=O) groups excluding carboxylic acids is 2. The summed E-state index contributed by atoms with van der Waals surface area (Å²) >= 11 is 1.02. The summed E-state index contributed by atoms with van der Waals surface area (Å²) in [7, 11) is -3.13. The number of amides is 1. The van der Waals surface area contributed by atoms with Gasteiger partial charge in [-0.25, -0.2) is 8.42 Å². The number of sulfone groups is 1. The van der Waals surface area contributed by atoms with Gasteiger partial charge in [0, 0.05) is 18.7 Å². The monoisotopic (exact) mass is 333 g/mol. The van der Waals surface area contributed by atoms with E-state index in [2.05, 4.69) is 5.32 Å². The summed E-state index contributed by atoms with van der Waals surface area (Å²) < 4.78 is 22.2. The Kier molecular flexibility index (Phi) is 5.35. The average molecular weight is 333 g/mol. The summed E-state index contributed by atoms with van der Waals surface area (Å²) in [5, 5.41) is 3.14. The number of primary amides is 1. The first-order chi connectivity index (χ1) is 9.54. The molecule has 118 valence electrons. The normalized spacial score (nSPS) is 11.6. The second-order valence-electron chi connectivity index (χ2n) is 4.99. The lowest BCUT2D eigenvalue weighted by molar-refractivity contribution is 0.0944. The van der Waals surface area contributed by atoms with Gasteiger partial charge in [0.25, 0.3) is 5.91 Å². The zero-order valence-electron chi connectivity index (χ0n) is 12.1. The van der Waals surface area contributed by atoms with Crippen molar-refractivity contribution in [1.29, 1.82) is 0 Å². The van der Waals surface area contributed by atoms with Gasteiger partial charge in [-0.3, -0.25) is 9.59 Å². The van der Waals surface area contributed by atoms with Crippen molar-refractivity contribution < 1.29 is 18.0 Å². The van der Waals surface area contributed by atoms with Gasteiger partial charge in [0.15, 0.2) is 5.78 Å². The Morgan fingerprint density at radius 3 is 2.33 bits per heavy atom. The average Bonchev–Trinajstić information content (AvgIpc) is 2.63. The molecule has 1 amide bonds. The van der Waals surface area contributed by atoms with Gasteiger partial charge in [-0.1, -0.05) is 13.8 Å². The van der Waals surface area contributed by atoms with Crippen LogP contribution in [0.5, 0.6) is 0 Å². The fourth-order valence-electron chi connectivity index (χ4n) is 1.61.